The van der Waals surface area contributed by atoms with Crippen LogP contribution in [0.15, 0.2) is 60.9 Å². The number of aromatic nitrogens is 1. The average molecular weight is 382 g/mol. The number of halogens is 3. The molecule has 2 heterocycles. The highest BCUT2D eigenvalue weighted by Crippen LogP contribution is 2.35. The smallest absolute Gasteiger partial charge is 0.291 e. The van der Waals surface area contributed by atoms with Gasteiger partial charge in [0, 0.05) is 22.7 Å². The van der Waals surface area contributed by atoms with Crippen molar-refractivity contribution in [1.82, 2.24) is 4.98 Å². The second-order valence-corrected chi connectivity index (χ2v) is 6.34. The Morgan fingerprint density at radius 2 is 1.89 bits per heavy atom. The molecular formula is C20H13F3N4O. The summed E-state index contributed by atoms with van der Waals surface area (Å²) in [5.74, 6) is 0. The van der Waals surface area contributed by atoms with Gasteiger partial charge in [-0.15, -0.1) is 0 Å². The van der Waals surface area contributed by atoms with E-state index in [2.05, 4.69) is 11.1 Å². The Morgan fingerprint density at radius 3 is 2.64 bits per heavy atom. The molecule has 2 amide bonds. The fourth-order valence-electron chi connectivity index (χ4n) is 3.32. The minimum atomic E-state index is -4.52. The first-order valence-electron chi connectivity index (χ1n) is 8.40. The van der Waals surface area contributed by atoms with E-state index in [0.717, 1.165) is 22.9 Å². The SMILES string of the molecule is N#C[C@H]1CN(c2cccc(C(F)(F)F)c2)C(=O)N1c1cncc2ccccc12. The fourth-order valence-corrected chi connectivity index (χ4v) is 3.32. The molecule has 140 valence electrons. The molecule has 1 aromatic heterocycles. The minimum Gasteiger partial charge on any atom is -0.291 e. The van der Waals surface area contributed by atoms with Crippen LogP contribution < -0.4 is 9.80 Å². The van der Waals surface area contributed by atoms with E-state index in [1.807, 2.05) is 12.1 Å². The number of carbonyl (C=O) groups is 1. The van der Waals surface area contributed by atoms with Crippen molar-refractivity contribution in [2.24, 2.45) is 0 Å². The van der Waals surface area contributed by atoms with Crippen molar-refractivity contribution in [2.75, 3.05) is 16.3 Å². The summed E-state index contributed by atoms with van der Waals surface area (Å²) in [6.45, 7) is -0.0418. The number of pyridine rings is 1. The van der Waals surface area contributed by atoms with E-state index in [9.17, 15) is 23.2 Å². The maximum Gasteiger partial charge on any atom is 0.416 e. The Kier molecular flexibility index (Phi) is 4.15. The highest BCUT2D eigenvalue weighted by Gasteiger charge is 2.41. The lowest BCUT2D eigenvalue weighted by Gasteiger charge is -2.21. The van der Waals surface area contributed by atoms with E-state index < -0.39 is 23.8 Å². The number of anilines is 2. The molecule has 0 radical (unpaired) electrons. The van der Waals surface area contributed by atoms with E-state index in [0.29, 0.717) is 5.69 Å². The van der Waals surface area contributed by atoms with Crippen LogP contribution >= 0.6 is 0 Å². The molecular weight excluding hydrogens is 369 g/mol. The summed E-state index contributed by atoms with van der Waals surface area (Å²) in [4.78, 5) is 19.7. The molecule has 0 N–H and O–H groups in total. The van der Waals surface area contributed by atoms with Crippen LogP contribution in [0.2, 0.25) is 0 Å². The van der Waals surface area contributed by atoms with Crippen molar-refractivity contribution >= 4 is 28.2 Å². The number of carbonyl (C=O) groups excluding carboxylic acids is 1. The number of hydrogen-bond acceptors (Lipinski definition) is 3. The first kappa shape index (κ1) is 17.8. The number of amides is 2. The number of nitriles is 1. The Balaban J connectivity index is 1.78. The molecule has 8 heteroatoms. The summed E-state index contributed by atoms with van der Waals surface area (Å²) in [6.07, 6.45) is -1.39. The van der Waals surface area contributed by atoms with Gasteiger partial charge in [0.2, 0.25) is 0 Å². The van der Waals surface area contributed by atoms with Crippen molar-refractivity contribution in [2.45, 2.75) is 12.2 Å². The standard InChI is InChI=1S/C20H13F3N4O/c21-20(22,23)14-5-3-6-15(8-14)26-12-16(9-24)27(19(26)28)18-11-25-10-13-4-1-2-7-17(13)18/h1-8,10-11,16H,12H2/t16-/m0/s1. The number of rotatable bonds is 2. The lowest BCUT2D eigenvalue weighted by molar-refractivity contribution is -0.137. The molecule has 1 aliphatic rings. The molecule has 2 aromatic carbocycles. The van der Waals surface area contributed by atoms with Crippen LogP contribution in [0.1, 0.15) is 5.56 Å². The Bertz CT molecular complexity index is 1100. The zero-order chi connectivity index (χ0) is 19.9. The van der Waals surface area contributed by atoms with E-state index in [1.54, 1.807) is 18.3 Å². The molecule has 1 saturated heterocycles. The quantitative estimate of drug-likeness (QED) is 0.651. The molecule has 1 fully saturated rings. The summed E-state index contributed by atoms with van der Waals surface area (Å²) in [7, 11) is 0. The van der Waals surface area contributed by atoms with Gasteiger partial charge < -0.3 is 0 Å². The third-order valence-corrected chi connectivity index (χ3v) is 4.65. The molecule has 1 atom stereocenters. The Hall–Kier alpha value is -3.60. The van der Waals surface area contributed by atoms with Gasteiger partial charge in [0.05, 0.1) is 30.1 Å². The molecule has 0 saturated carbocycles. The number of benzene rings is 2. The van der Waals surface area contributed by atoms with Gasteiger partial charge in [-0.25, -0.2) is 4.79 Å². The second-order valence-electron chi connectivity index (χ2n) is 6.34. The summed E-state index contributed by atoms with van der Waals surface area (Å²) in [5.41, 5.74) is -0.309. The number of nitrogens with zero attached hydrogens (tertiary/aromatic N) is 4. The van der Waals surface area contributed by atoms with Gasteiger partial charge in [-0.2, -0.15) is 18.4 Å². The predicted molar refractivity (Wildman–Crippen MR) is 97.8 cm³/mol. The van der Waals surface area contributed by atoms with Crippen LogP contribution in [-0.4, -0.2) is 23.6 Å². The largest absolute Gasteiger partial charge is 0.416 e. The zero-order valence-electron chi connectivity index (χ0n) is 14.4. The highest BCUT2D eigenvalue weighted by atomic mass is 19.4. The van der Waals surface area contributed by atoms with Gasteiger partial charge in [-0.3, -0.25) is 14.8 Å². The Morgan fingerprint density at radius 1 is 1.11 bits per heavy atom. The first-order valence-corrected chi connectivity index (χ1v) is 8.40. The van der Waals surface area contributed by atoms with Crippen LogP contribution in [0.5, 0.6) is 0 Å². The van der Waals surface area contributed by atoms with E-state index >= 15 is 0 Å². The molecule has 5 nitrogen and oxygen atoms in total. The monoisotopic (exact) mass is 382 g/mol. The third-order valence-electron chi connectivity index (χ3n) is 4.65. The minimum absolute atomic E-state index is 0.0418. The van der Waals surface area contributed by atoms with Gasteiger partial charge in [0.15, 0.2) is 0 Å². The lowest BCUT2D eigenvalue weighted by atomic mass is 10.1. The van der Waals surface area contributed by atoms with Crippen molar-refractivity contribution in [3.8, 4) is 6.07 Å². The Labute approximate surface area is 158 Å². The molecule has 1 aliphatic heterocycles. The third kappa shape index (κ3) is 2.91. The van der Waals surface area contributed by atoms with Crippen LogP contribution in [-0.2, 0) is 6.18 Å². The second kappa shape index (κ2) is 6.53. The van der Waals surface area contributed by atoms with Crippen LogP contribution in [0.3, 0.4) is 0 Å². The average Bonchev–Trinajstić information content (AvgIpc) is 3.03. The lowest BCUT2D eigenvalue weighted by Crippen LogP contribution is -2.34. The van der Waals surface area contributed by atoms with Crippen LogP contribution in [0.4, 0.5) is 29.3 Å². The number of alkyl halides is 3. The van der Waals surface area contributed by atoms with E-state index in [1.165, 1.54) is 28.1 Å². The predicted octanol–water partition coefficient (Wildman–Crippen LogP) is 4.59. The molecule has 0 unspecified atom stereocenters. The summed E-state index contributed by atoms with van der Waals surface area (Å²) < 4.78 is 39.1. The molecule has 0 aliphatic carbocycles. The van der Waals surface area contributed by atoms with Crippen LogP contribution in [0, 0.1) is 11.3 Å². The molecule has 28 heavy (non-hydrogen) atoms. The molecule has 0 bridgehead atoms. The van der Waals surface area contributed by atoms with Crippen molar-refractivity contribution in [1.29, 1.82) is 5.26 Å². The highest BCUT2D eigenvalue weighted by molar-refractivity contribution is 6.11. The maximum absolute atomic E-state index is 13.1. The number of urea groups is 1. The van der Waals surface area contributed by atoms with Gasteiger partial charge in [-0.1, -0.05) is 30.3 Å². The first-order chi connectivity index (χ1) is 13.4. The normalized spacial score (nSPS) is 17.2. The molecule has 3 aromatic rings. The van der Waals surface area contributed by atoms with Gasteiger partial charge in [-0.05, 0) is 18.2 Å². The van der Waals surface area contributed by atoms with Gasteiger partial charge >= 0.3 is 12.2 Å². The fraction of sp³-hybridized carbons (Fsp3) is 0.150. The van der Waals surface area contributed by atoms with E-state index in [4.69, 9.17) is 0 Å². The topological polar surface area (TPSA) is 60.2 Å². The zero-order valence-corrected chi connectivity index (χ0v) is 14.4. The molecule has 0 spiro atoms. The number of fused-ring (bicyclic) bond motifs is 1. The van der Waals surface area contributed by atoms with Crippen LogP contribution in [0.25, 0.3) is 10.8 Å². The molecule has 4 rings (SSSR count). The summed E-state index contributed by atoms with van der Waals surface area (Å²) >= 11 is 0. The van der Waals surface area contributed by atoms with Crippen molar-refractivity contribution in [3.05, 3.63) is 66.5 Å². The van der Waals surface area contributed by atoms with Crippen molar-refractivity contribution < 1.29 is 18.0 Å². The summed E-state index contributed by atoms with van der Waals surface area (Å²) in [5, 5.41) is 11.1. The van der Waals surface area contributed by atoms with Gasteiger partial charge in [0.1, 0.15) is 6.04 Å². The summed E-state index contributed by atoms with van der Waals surface area (Å²) in [6, 6.07) is 12.4. The van der Waals surface area contributed by atoms with Crippen molar-refractivity contribution in [3.63, 3.8) is 0 Å². The van der Waals surface area contributed by atoms with Gasteiger partial charge in [0.25, 0.3) is 0 Å². The van der Waals surface area contributed by atoms with E-state index in [-0.39, 0.29) is 12.2 Å². The maximum atomic E-state index is 13.1. The number of hydrogen-bond donors (Lipinski definition) is 0.